The highest BCUT2D eigenvalue weighted by atomic mass is 127. The van der Waals surface area contributed by atoms with Gasteiger partial charge in [-0.25, -0.2) is 4.39 Å². The minimum atomic E-state index is -0.201. The zero-order valence-corrected chi connectivity index (χ0v) is 19.1. The van der Waals surface area contributed by atoms with Crippen molar-refractivity contribution >= 4 is 47.4 Å². The van der Waals surface area contributed by atoms with Gasteiger partial charge in [-0.15, -0.1) is 24.0 Å². The highest BCUT2D eigenvalue weighted by Crippen LogP contribution is 2.20. The molecule has 0 bridgehead atoms. The third-order valence-corrected chi connectivity index (χ3v) is 5.08. The molecule has 0 unspecified atom stereocenters. The number of para-hydroxylation sites is 1. The minimum Gasteiger partial charge on any atom is -0.366 e. The average Bonchev–Trinajstić information content (AvgIpc) is 2.70. The van der Waals surface area contributed by atoms with Gasteiger partial charge in [-0.05, 0) is 25.5 Å². The van der Waals surface area contributed by atoms with Crippen LogP contribution in [0.4, 0.5) is 10.1 Å². The highest BCUT2D eigenvalue weighted by Gasteiger charge is 2.25. The van der Waals surface area contributed by atoms with Gasteiger partial charge in [0.25, 0.3) is 0 Å². The van der Waals surface area contributed by atoms with E-state index < -0.39 is 0 Å². The van der Waals surface area contributed by atoms with Crippen molar-refractivity contribution in [2.45, 2.75) is 26.2 Å². The molecule has 1 N–H and O–H groups in total. The number of nitrogens with zero attached hydrogens (tertiary/aromatic N) is 4. The van der Waals surface area contributed by atoms with Gasteiger partial charge < -0.3 is 15.1 Å². The number of piperazine rings is 1. The van der Waals surface area contributed by atoms with E-state index in [4.69, 9.17) is 0 Å². The van der Waals surface area contributed by atoms with Gasteiger partial charge in [0.1, 0.15) is 5.82 Å². The normalized spacial score (nSPS) is 18.0. The third kappa shape index (κ3) is 6.03. The molecule has 1 aromatic rings. The average molecular weight is 517 g/mol. The smallest absolute Gasteiger partial charge is 0.229 e. The molecule has 9 heteroatoms. The second-order valence-corrected chi connectivity index (χ2v) is 6.95. The molecule has 29 heavy (non-hydrogen) atoms. The molecule has 2 aliphatic heterocycles. The summed E-state index contributed by atoms with van der Waals surface area (Å²) in [6, 6.07) is 6.83. The molecule has 0 aromatic heterocycles. The zero-order chi connectivity index (χ0) is 19.9. The van der Waals surface area contributed by atoms with Crippen LogP contribution in [0.2, 0.25) is 0 Å². The Morgan fingerprint density at radius 2 is 1.76 bits per heavy atom. The van der Waals surface area contributed by atoms with Crippen LogP contribution in [0, 0.1) is 5.82 Å². The fourth-order valence-electron chi connectivity index (χ4n) is 3.60. The number of halogens is 2. The van der Waals surface area contributed by atoms with Crippen molar-refractivity contribution in [1.29, 1.82) is 0 Å². The number of hydrogen-bond donors (Lipinski definition) is 1. The molecule has 160 valence electrons. The number of benzene rings is 1. The lowest BCUT2D eigenvalue weighted by molar-refractivity contribution is -0.147. The molecule has 3 rings (SSSR count). The fraction of sp³-hybridized carbons (Fsp3) is 0.550. The molecular weight excluding hydrogens is 488 g/mol. The molecule has 7 nitrogen and oxygen atoms in total. The van der Waals surface area contributed by atoms with Crippen LogP contribution >= 0.6 is 24.0 Å². The molecule has 0 spiro atoms. The Balaban J connectivity index is 0.00000300. The summed E-state index contributed by atoms with van der Waals surface area (Å²) in [5, 5.41) is 3.27. The number of rotatable bonds is 5. The van der Waals surface area contributed by atoms with Gasteiger partial charge in [-0.3, -0.25) is 19.5 Å². The fourth-order valence-corrected chi connectivity index (χ4v) is 3.60. The maximum atomic E-state index is 14.0. The lowest BCUT2D eigenvalue weighted by atomic mass is 10.1. The molecule has 0 aliphatic carbocycles. The number of likely N-dealkylation sites (tertiary alicyclic amines) is 1. The van der Waals surface area contributed by atoms with Crippen molar-refractivity contribution in [1.82, 2.24) is 15.1 Å². The van der Waals surface area contributed by atoms with Gasteiger partial charge >= 0.3 is 0 Å². The first-order valence-electron chi connectivity index (χ1n) is 9.96. The summed E-state index contributed by atoms with van der Waals surface area (Å²) in [7, 11) is 0. The molecule has 2 saturated heterocycles. The van der Waals surface area contributed by atoms with Crippen LogP contribution in [0.3, 0.4) is 0 Å². The predicted octanol–water partition coefficient (Wildman–Crippen LogP) is 2.07. The number of anilines is 1. The predicted molar refractivity (Wildman–Crippen MR) is 122 cm³/mol. The van der Waals surface area contributed by atoms with E-state index in [0.717, 1.165) is 25.6 Å². The molecular formula is C20H29FIN5O2. The number of carbonyl (C=O) groups excluding carboxylic acids is 2. The van der Waals surface area contributed by atoms with Crippen molar-refractivity contribution in [2.75, 3.05) is 50.7 Å². The van der Waals surface area contributed by atoms with Gasteiger partial charge in [0, 0.05) is 52.1 Å². The minimum absolute atomic E-state index is 0. The van der Waals surface area contributed by atoms with Gasteiger partial charge in [0.15, 0.2) is 5.96 Å². The third-order valence-electron chi connectivity index (χ3n) is 5.08. The van der Waals surface area contributed by atoms with Crippen molar-refractivity contribution in [3.05, 3.63) is 30.1 Å². The number of hydrogen-bond acceptors (Lipinski definition) is 4. The lowest BCUT2D eigenvalue weighted by Crippen LogP contribution is -2.53. The van der Waals surface area contributed by atoms with E-state index in [0.29, 0.717) is 51.1 Å². The maximum absolute atomic E-state index is 14.0. The lowest BCUT2D eigenvalue weighted by Gasteiger charge is -2.37. The molecule has 0 saturated carbocycles. The van der Waals surface area contributed by atoms with E-state index in [1.807, 2.05) is 17.9 Å². The molecule has 2 aliphatic rings. The van der Waals surface area contributed by atoms with Crippen LogP contribution in [0.5, 0.6) is 0 Å². The van der Waals surface area contributed by atoms with Crippen LogP contribution < -0.4 is 10.2 Å². The molecule has 1 aromatic carbocycles. The number of nitrogens with one attached hydrogen (secondary N) is 1. The van der Waals surface area contributed by atoms with Crippen LogP contribution in [0.1, 0.15) is 26.2 Å². The van der Waals surface area contributed by atoms with Crippen LogP contribution in [-0.4, -0.2) is 73.4 Å². The maximum Gasteiger partial charge on any atom is 0.229 e. The Morgan fingerprint density at radius 1 is 1.10 bits per heavy atom. The Hall–Kier alpha value is -1.91. The first-order chi connectivity index (χ1) is 13.6. The molecule has 0 radical (unpaired) electrons. The summed E-state index contributed by atoms with van der Waals surface area (Å²) in [5.74, 6) is 0.366. The Bertz CT molecular complexity index is 721. The van der Waals surface area contributed by atoms with E-state index in [1.54, 1.807) is 12.1 Å². The van der Waals surface area contributed by atoms with Crippen molar-refractivity contribution in [3.63, 3.8) is 0 Å². The van der Waals surface area contributed by atoms with E-state index in [1.165, 1.54) is 11.0 Å². The molecule has 2 heterocycles. The van der Waals surface area contributed by atoms with Crippen molar-refractivity contribution < 1.29 is 14.0 Å². The van der Waals surface area contributed by atoms with E-state index >= 15 is 0 Å². The molecule has 2 amide bonds. The Kier molecular flexibility index (Phi) is 9.12. The Morgan fingerprint density at radius 3 is 2.38 bits per heavy atom. The summed E-state index contributed by atoms with van der Waals surface area (Å²) in [4.78, 5) is 33.9. The highest BCUT2D eigenvalue weighted by molar-refractivity contribution is 14.0. The first-order valence-corrected chi connectivity index (χ1v) is 9.96. The summed E-state index contributed by atoms with van der Waals surface area (Å²) in [6.07, 6.45) is 1.52. The van der Waals surface area contributed by atoms with Gasteiger partial charge in [0.05, 0.1) is 12.2 Å². The summed E-state index contributed by atoms with van der Waals surface area (Å²) < 4.78 is 14.0. The van der Waals surface area contributed by atoms with Gasteiger partial charge in [-0.1, -0.05) is 12.1 Å². The number of amides is 2. The number of aliphatic imine (C=N–C) groups is 1. The first kappa shape index (κ1) is 23.4. The molecule has 2 fully saturated rings. The van der Waals surface area contributed by atoms with Gasteiger partial charge in [0.2, 0.25) is 11.8 Å². The van der Waals surface area contributed by atoms with E-state index in [2.05, 4.69) is 15.2 Å². The summed E-state index contributed by atoms with van der Waals surface area (Å²) in [6.45, 7) is 6.29. The topological polar surface area (TPSA) is 68.2 Å². The van der Waals surface area contributed by atoms with E-state index in [9.17, 15) is 14.0 Å². The number of carbonyl (C=O) groups is 2. The second-order valence-electron chi connectivity index (χ2n) is 6.95. The standard InChI is InChI=1S/C20H28FN5O2.HI/c1-2-22-20(23-10-11-26-18(27)8-5-9-19(26)28)25-14-12-24(13-15-25)17-7-4-3-6-16(17)21;/h3-4,6-7H,2,5,8-15H2,1H3,(H,22,23);1H. The monoisotopic (exact) mass is 517 g/mol. The summed E-state index contributed by atoms with van der Waals surface area (Å²) >= 11 is 0. The van der Waals surface area contributed by atoms with Crippen molar-refractivity contribution in [3.8, 4) is 0 Å². The van der Waals surface area contributed by atoms with Crippen LogP contribution in [0.25, 0.3) is 0 Å². The SMILES string of the molecule is CCNC(=NCCN1C(=O)CCCC1=O)N1CCN(c2ccccc2F)CC1.I. The van der Waals surface area contributed by atoms with Gasteiger partial charge in [-0.2, -0.15) is 0 Å². The zero-order valence-electron chi connectivity index (χ0n) is 16.8. The number of guanidine groups is 1. The van der Waals surface area contributed by atoms with Crippen LogP contribution in [-0.2, 0) is 9.59 Å². The number of imide groups is 1. The Labute approximate surface area is 188 Å². The summed E-state index contributed by atoms with van der Waals surface area (Å²) in [5.41, 5.74) is 0.631. The quantitative estimate of drug-likeness (QED) is 0.281. The van der Waals surface area contributed by atoms with Crippen molar-refractivity contribution in [2.24, 2.45) is 4.99 Å². The van der Waals surface area contributed by atoms with Crippen LogP contribution in [0.15, 0.2) is 29.3 Å². The second kappa shape index (κ2) is 11.3. The molecule has 0 atom stereocenters. The largest absolute Gasteiger partial charge is 0.366 e. The number of piperidine rings is 1. The van der Waals surface area contributed by atoms with E-state index in [-0.39, 0.29) is 41.6 Å².